The van der Waals surface area contributed by atoms with Crippen LogP contribution in [0, 0.1) is 11.3 Å². The summed E-state index contributed by atoms with van der Waals surface area (Å²) in [4.78, 5) is 12.3. The van der Waals surface area contributed by atoms with Gasteiger partial charge in [-0.05, 0) is 36.7 Å². The molecule has 1 fully saturated rings. The first-order chi connectivity index (χ1) is 8.98. The molecule has 2 aliphatic carbocycles. The van der Waals surface area contributed by atoms with Crippen molar-refractivity contribution < 1.29 is 4.79 Å². The van der Waals surface area contributed by atoms with Gasteiger partial charge in [-0.1, -0.05) is 33.6 Å². The number of ketones is 1. The van der Waals surface area contributed by atoms with Gasteiger partial charge in [0.1, 0.15) is 0 Å². The zero-order valence-electron chi connectivity index (χ0n) is 12.4. The van der Waals surface area contributed by atoms with Crippen molar-refractivity contribution >= 4 is 5.78 Å². The summed E-state index contributed by atoms with van der Waals surface area (Å²) in [5, 5.41) is 0. The molecule has 0 saturated heterocycles. The minimum atomic E-state index is 0.123. The molecule has 0 bridgehead atoms. The fourth-order valence-corrected chi connectivity index (χ4v) is 3.99. The molecule has 2 nitrogen and oxygen atoms in total. The van der Waals surface area contributed by atoms with Crippen molar-refractivity contribution in [2.75, 3.05) is 0 Å². The van der Waals surface area contributed by atoms with Gasteiger partial charge in [0.15, 0.2) is 5.78 Å². The Balaban J connectivity index is 1.98. The van der Waals surface area contributed by atoms with Gasteiger partial charge in [-0.3, -0.25) is 4.79 Å². The van der Waals surface area contributed by atoms with E-state index in [-0.39, 0.29) is 5.41 Å². The molecule has 2 aliphatic rings. The molecule has 2 atom stereocenters. The van der Waals surface area contributed by atoms with Crippen LogP contribution < -0.4 is 0 Å². The van der Waals surface area contributed by atoms with E-state index in [1.165, 1.54) is 31.4 Å². The normalized spacial score (nSPS) is 30.2. The van der Waals surface area contributed by atoms with Crippen LogP contribution >= 0.6 is 0 Å². The van der Waals surface area contributed by atoms with Crippen LogP contribution in [0.15, 0.2) is 12.3 Å². The molecule has 1 heterocycles. The van der Waals surface area contributed by atoms with E-state index in [1.54, 1.807) is 0 Å². The van der Waals surface area contributed by atoms with E-state index in [0.717, 1.165) is 17.9 Å². The Morgan fingerprint density at radius 1 is 1.21 bits per heavy atom. The topological polar surface area (TPSA) is 22.0 Å². The van der Waals surface area contributed by atoms with Gasteiger partial charge in [-0.2, -0.15) is 0 Å². The number of carbonyl (C=O) groups excluding carboxylic acids is 1. The van der Waals surface area contributed by atoms with Crippen molar-refractivity contribution in [3.8, 4) is 0 Å². The molecule has 0 aliphatic heterocycles. The fraction of sp³-hybridized carbons (Fsp3) is 0.706. The molecule has 0 aromatic carbocycles. The van der Waals surface area contributed by atoms with Gasteiger partial charge in [-0.15, -0.1) is 0 Å². The Kier molecular flexibility index (Phi) is 3.07. The highest BCUT2D eigenvalue weighted by Crippen LogP contribution is 2.40. The van der Waals surface area contributed by atoms with E-state index in [2.05, 4.69) is 37.6 Å². The fourth-order valence-electron chi connectivity index (χ4n) is 3.99. The molecule has 2 unspecified atom stereocenters. The smallest absolute Gasteiger partial charge is 0.165 e. The molecule has 1 aromatic heterocycles. The first kappa shape index (κ1) is 13.0. The summed E-state index contributed by atoms with van der Waals surface area (Å²) in [5.74, 6) is 1.08. The molecule has 0 N–H and O–H groups in total. The zero-order chi connectivity index (χ0) is 13.6. The first-order valence-electron chi connectivity index (χ1n) is 7.71. The second-order valence-corrected chi connectivity index (χ2v) is 7.35. The SMILES string of the molecule is CC1CCCCC1n1ccc2c1CC(C)(C)CC2=O. The number of carbonyl (C=O) groups is 1. The van der Waals surface area contributed by atoms with Crippen LogP contribution in [-0.2, 0) is 6.42 Å². The summed E-state index contributed by atoms with van der Waals surface area (Å²) >= 11 is 0. The molecule has 1 saturated carbocycles. The quantitative estimate of drug-likeness (QED) is 0.733. The highest BCUT2D eigenvalue weighted by molar-refractivity contribution is 5.98. The van der Waals surface area contributed by atoms with E-state index in [9.17, 15) is 4.79 Å². The van der Waals surface area contributed by atoms with Gasteiger partial charge in [0.2, 0.25) is 0 Å². The van der Waals surface area contributed by atoms with Crippen molar-refractivity contribution in [3.05, 3.63) is 23.5 Å². The standard InChI is InChI=1S/C17H25NO/c1-12-6-4-5-7-14(12)18-9-8-13-15(18)10-17(2,3)11-16(13)19/h8-9,12,14H,4-7,10-11H2,1-3H3. The molecular formula is C17H25NO. The summed E-state index contributed by atoms with van der Waals surface area (Å²) < 4.78 is 2.44. The third kappa shape index (κ3) is 2.26. The van der Waals surface area contributed by atoms with E-state index >= 15 is 0 Å². The first-order valence-corrected chi connectivity index (χ1v) is 7.71. The number of hydrogen-bond acceptors (Lipinski definition) is 1. The van der Waals surface area contributed by atoms with Gasteiger partial charge in [0.25, 0.3) is 0 Å². The Labute approximate surface area is 116 Å². The number of nitrogens with zero attached hydrogens (tertiary/aromatic N) is 1. The van der Waals surface area contributed by atoms with Crippen LogP contribution in [-0.4, -0.2) is 10.4 Å². The van der Waals surface area contributed by atoms with Crippen LogP contribution in [0.2, 0.25) is 0 Å². The zero-order valence-corrected chi connectivity index (χ0v) is 12.4. The van der Waals surface area contributed by atoms with Gasteiger partial charge in [-0.25, -0.2) is 0 Å². The van der Waals surface area contributed by atoms with Crippen molar-refractivity contribution in [1.82, 2.24) is 4.57 Å². The lowest BCUT2D eigenvalue weighted by Gasteiger charge is -2.35. The lowest BCUT2D eigenvalue weighted by molar-refractivity contribution is 0.0907. The predicted octanol–water partition coefficient (Wildman–Crippen LogP) is 4.39. The van der Waals surface area contributed by atoms with Crippen LogP contribution in [0.5, 0.6) is 0 Å². The summed E-state index contributed by atoms with van der Waals surface area (Å²) in [6.45, 7) is 6.80. The highest BCUT2D eigenvalue weighted by atomic mass is 16.1. The van der Waals surface area contributed by atoms with Crippen molar-refractivity contribution in [1.29, 1.82) is 0 Å². The van der Waals surface area contributed by atoms with E-state index in [0.29, 0.717) is 18.2 Å². The van der Waals surface area contributed by atoms with E-state index < -0.39 is 0 Å². The molecule has 0 amide bonds. The third-order valence-corrected chi connectivity index (χ3v) is 5.03. The van der Waals surface area contributed by atoms with Crippen LogP contribution in [0.3, 0.4) is 0 Å². The maximum absolute atomic E-state index is 12.3. The number of fused-ring (bicyclic) bond motifs is 1. The molecule has 3 rings (SSSR count). The van der Waals surface area contributed by atoms with Crippen LogP contribution in [0.1, 0.15) is 75.0 Å². The summed E-state index contributed by atoms with van der Waals surface area (Å²) in [6.07, 6.45) is 9.22. The van der Waals surface area contributed by atoms with Gasteiger partial charge in [0.05, 0.1) is 0 Å². The summed E-state index contributed by atoms with van der Waals surface area (Å²) in [5.41, 5.74) is 2.43. The van der Waals surface area contributed by atoms with Gasteiger partial charge in [0, 0.05) is 29.9 Å². The Hall–Kier alpha value is -1.05. The number of rotatable bonds is 1. The maximum atomic E-state index is 12.3. The molecule has 0 spiro atoms. The predicted molar refractivity (Wildman–Crippen MR) is 77.5 cm³/mol. The summed E-state index contributed by atoms with van der Waals surface area (Å²) in [7, 11) is 0. The highest BCUT2D eigenvalue weighted by Gasteiger charge is 2.35. The largest absolute Gasteiger partial charge is 0.347 e. The molecule has 0 radical (unpaired) electrons. The second kappa shape index (κ2) is 4.50. The van der Waals surface area contributed by atoms with Crippen LogP contribution in [0.4, 0.5) is 0 Å². The van der Waals surface area contributed by atoms with Gasteiger partial charge < -0.3 is 4.57 Å². The molecule has 104 valence electrons. The molecular weight excluding hydrogens is 234 g/mol. The van der Waals surface area contributed by atoms with E-state index in [4.69, 9.17) is 0 Å². The Morgan fingerprint density at radius 3 is 2.68 bits per heavy atom. The van der Waals surface area contributed by atoms with Crippen LogP contribution in [0.25, 0.3) is 0 Å². The minimum Gasteiger partial charge on any atom is -0.347 e. The summed E-state index contributed by atoms with van der Waals surface area (Å²) in [6, 6.07) is 2.67. The minimum absolute atomic E-state index is 0.123. The van der Waals surface area contributed by atoms with Crippen molar-refractivity contribution in [3.63, 3.8) is 0 Å². The Bertz CT molecular complexity index is 497. The lowest BCUT2D eigenvalue weighted by Crippen LogP contribution is -2.30. The third-order valence-electron chi connectivity index (χ3n) is 5.03. The molecule has 1 aromatic rings. The van der Waals surface area contributed by atoms with Crippen molar-refractivity contribution in [2.45, 2.75) is 65.3 Å². The monoisotopic (exact) mass is 259 g/mol. The molecule has 19 heavy (non-hydrogen) atoms. The number of Topliss-reactive ketones (excluding diaryl/α,β-unsaturated/α-hetero) is 1. The number of hydrogen-bond donors (Lipinski definition) is 0. The van der Waals surface area contributed by atoms with Gasteiger partial charge >= 0.3 is 0 Å². The number of aromatic nitrogens is 1. The lowest BCUT2D eigenvalue weighted by atomic mass is 9.76. The maximum Gasteiger partial charge on any atom is 0.165 e. The Morgan fingerprint density at radius 2 is 1.95 bits per heavy atom. The van der Waals surface area contributed by atoms with E-state index in [1.807, 2.05) is 0 Å². The average Bonchev–Trinajstić information content (AvgIpc) is 2.72. The second-order valence-electron chi connectivity index (χ2n) is 7.35. The van der Waals surface area contributed by atoms with Crippen molar-refractivity contribution in [2.24, 2.45) is 11.3 Å². The average molecular weight is 259 g/mol. The molecule has 2 heteroatoms.